The van der Waals surface area contributed by atoms with E-state index in [0.717, 1.165) is 6.20 Å². The van der Waals surface area contributed by atoms with E-state index in [1.807, 2.05) is 0 Å². The van der Waals surface area contributed by atoms with E-state index in [1.165, 1.54) is 4.68 Å². The fourth-order valence-electron chi connectivity index (χ4n) is 1.49. The standard InChI is InChI=1S/C7H8N4O4/c1-10-6(4(2-9-10)11(13)14)5-3-8-7(12)15-5/h2,5H,3H2,1H3,(H,8,12). The minimum atomic E-state index is -0.648. The summed E-state index contributed by atoms with van der Waals surface area (Å²) in [6.45, 7) is 0.221. The molecule has 2 rings (SSSR count). The molecule has 0 bridgehead atoms. The van der Waals surface area contributed by atoms with Gasteiger partial charge in [0.1, 0.15) is 6.20 Å². The average Bonchev–Trinajstić information content (AvgIpc) is 2.71. The minimum Gasteiger partial charge on any atom is -0.438 e. The summed E-state index contributed by atoms with van der Waals surface area (Å²) >= 11 is 0. The van der Waals surface area contributed by atoms with E-state index in [0.29, 0.717) is 5.69 Å². The molecule has 1 amide bonds. The quantitative estimate of drug-likeness (QED) is 0.554. The number of nitrogens with zero attached hydrogens (tertiary/aromatic N) is 3. The highest BCUT2D eigenvalue weighted by Gasteiger charge is 2.33. The second-order valence-corrected chi connectivity index (χ2v) is 3.07. The van der Waals surface area contributed by atoms with Crippen molar-refractivity contribution in [3.05, 3.63) is 22.0 Å². The SMILES string of the molecule is Cn1ncc([N+](=O)[O-])c1C1CNC(=O)O1. The Labute approximate surface area is 84.0 Å². The molecule has 0 radical (unpaired) electrons. The molecule has 80 valence electrons. The zero-order valence-corrected chi connectivity index (χ0v) is 7.84. The van der Waals surface area contributed by atoms with Crippen LogP contribution >= 0.6 is 0 Å². The molecule has 0 saturated carbocycles. The fraction of sp³-hybridized carbons (Fsp3) is 0.429. The predicted molar refractivity (Wildman–Crippen MR) is 47.1 cm³/mol. The van der Waals surface area contributed by atoms with Gasteiger partial charge in [0.25, 0.3) is 0 Å². The van der Waals surface area contributed by atoms with Gasteiger partial charge in [-0.3, -0.25) is 14.8 Å². The molecule has 1 N–H and O–H groups in total. The van der Waals surface area contributed by atoms with E-state index in [9.17, 15) is 14.9 Å². The molecule has 1 aliphatic rings. The molecular weight excluding hydrogens is 204 g/mol. The van der Waals surface area contributed by atoms with E-state index in [2.05, 4.69) is 10.4 Å². The van der Waals surface area contributed by atoms with Gasteiger partial charge in [0, 0.05) is 7.05 Å². The van der Waals surface area contributed by atoms with Gasteiger partial charge in [0.05, 0.1) is 11.5 Å². The Hall–Kier alpha value is -2.12. The third kappa shape index (κ3) is 1.49. The lowest BCUT2D eigenvalue weighted by Gasteiger charge is -2.06. The molecule has 1 unspecified atom stereocenters. The summed E-state index contributed by atoms with van der Waals surface area (Å²) in [6, 6.07) is 0. The number of cyclic esters (lactones) is 1. The number of carbonyl (C=O) groups is 1. The van der Waals surface area contributed by atoms with Crippen molar-refractivity contribution in [1.29, 1.82) is 0 Å². The van der Waals surface area contributed by atoms with Crippen LogP contribution in [0.4, 0.5) is 10.5 Å². The van der Waals surface area contributed by atoms with Gasteiger partial charge in [0.2, 0.25) is 0 Å². The maximum atomic E-state index is 10.8. The number of rotatable bonds is 2. The molecule has 2 heterocycles. The molecule has 15 heavy (non-hydrogen) atoms. The van der Waals surface area contributed by atoms with Crippen molar-refractivity contribution >= 4 is 11.8 Å². The molecule has 0 spiro atoms. The van der Waals surface area contributed by atoms with E-state index < -0.39 is 17.1 Å². The summed E-state index contributed by atoms with van der Waals surface area (Å²) < 4.78 is 6.20. The molecule has 0 aromatic carbocycles. The number of hydrogen-bond acceptors (Lipinski definition) is 5. The summed E-state index contributed by atoms with van der Waals surface area (Å²) in [5.41, 5.74) is 0.150. The highest BCUT2D eigenvalue weighted by atomic mass is 16.6. The highest BCUT2D eigenvalue weighted by molar-refractivity contribution is 5.69. The normalized spacial score (nSPS) is 19.8. The number of ether oxygens (including phenoxy) is 1. The van der Waals surface area contributed by atoms with Crippen LogP contribution in [0.15, 0.2) is 6.20 Å². The molecule has 1 aliphatic heterocycles. The van der Waals surface area contributed by atoms with Gasteiger partial charge in [-0.1, -0.05) is 0 Å². The Morgan fingerprint density at radius 2 is 2.53 bits per heavy atom. The van der Waals surface area contributed by atoms with Crippen LogP contribution in [0.3, 0.4) is 0 Å². The van der Waals surface area contributed by atoms with Crippen LogP contribution in [0, 0.1) is 10.1 Å². The van der Waals surface area contributed by atoms with Crippen LogP contribution in [-0.4, -0.2) is 27.3 Å². The van der Waals surface area contributed by atoms with Crippen molar-refractivity contribution in [2.45, 2.75) is 6.10 Å². The Kier molecular flexibility index (Phi) is 2.03. The van der Waals surface area contributed by atoms with Crippen LogP contribution in [0.2, 0.25) is 0 Å². The molecule has 1 aromatic rings. The average molecular weight is 212 g/mol. The van der Waals surface area contributed by atoms with Gasteiger partial charge < -0.3 is 10.1 Å². The third-order valence-electron chi connectivity index (χ3n) is 2.15. The van der Waals surface area contributed by atoms with E-state index in [1.54, 1.807) is 7.05 Å². The second kappa shape index (κ2) is 3.23. The Morgan fingerprint density at radius 1 is 1.80 bits per heavy atom. The maximum absolute atomic E-state index is 10.8. The minimum absolute atomic E-state index is 0.140. The molecule has 1 saturated heterocycles. The van der Waals surface area contributed by atoms with Gasteiger partial charge in [-0.15, -0.1) is 0 Å². The second-order valence-electron chi connectivity index (χ2n) is 3.07. The number of aryl methyl sites for hydroxylation is 1. The van der Waals surface area contributed by atoms with Crippen LogP contribution in [-0.2, 0) is 11.8 Å². The fourth-order valence-corrected chi connectivity index (χ4v) is 1.49. The predicted octanol–water partition coefficient (Wildman–Crippen LogP) is 0.109. The van der Waals surface area contributed by atoms with Crippen molar-refractivity contribution in [2.75, 3.05) is 6.54 Å². The summed E-state index contributed by atoms with van der Waals surface area (Å²) in [5, 5.41) is 16.9. The van der Waals surface area contributed by atoms with Gasteiger partial charge in [-0.05, 0) is 0 Å². The molecule has 8 nitrogen and oxygen atoms in total. The summed E-state index contributed by atoms with van der Waals surface area (Å²) in [7, 11) is 1.56. The van der Waals surface area contributed by atoms with Crippen molar-refractivity contribution in [2.24, 2.45) is 7.05 Å². The molecule has 1 atom stereocenters. The third-order valence-corrected chi connectivity index (χ3v) is 2.15. The van der Waals surface area contributed by atoms with Crippen molar-refractivity contribution in [1.82, 2.24) is 15.1 Å². The van der Waals surface area contributed by atoms with Gasteiger partial charge in [-0.2, -0.15) is 5.10 Å². The smallest absolute Gasteiger partial charge is 0.408 e. The molecule has 8 heteroatoms. The molecular formula is C7H8N4O4. The number of nitro groups is 1. The monoisotopic (exact) mass is 212 g/mol. The van der Waals surface area contributed by atoms with E-state index in [-0.39, 0.29) is 12.2 Å². The number of carbonyl (C=O) groups excluding carboxylic acids is 1. The number of aromatic nitrogens is 2. The van der Waals surface area contributed by atoms with Crippen LogP contribution in [0.25, 0.3) is 0 Å². The first-order valence-electron chi connectivity index (χ1n) is 4.20. The topological polar surface area (TPSA) is 99.3 Å². The Bertz CT molecular complexity index is 427. The molecule has 0 aliphatic carbocycles. The van der Waals surface area contributed by atoms with Crippen molar-refractivity contribution < 1.29 is 14.5 Å². The number of amides is 1. The zero-order valence-electron chi connectivity index (χ0n) is 7.84. The Morgan fingerprint density at radius 3 is 3.07 bits per heavy atom. The summed E-state index contributed by atoms with van der Waals surface area (Å²) in [5.74, 6) is 0. The zero-order chi connectivity index (χ0) is 11.0. The van der Waals surface area contributed by atoms with Crippen LogP contribution in [0.1, 0.15) is 11.8 Å². The lowest BCUT2D eigenvalue weighted by Crippen LogP contribution is -2.13. The Balaban J connectivity index is 2.38. The molecule has 1 fully saturated rings. The van der Waals surface area contributed by atoms with Gasteiger partial charge >= 0.3 is 11.8 Å². The first-order valence-corrected chi connectivity index (χ1v) is 4.20. The first kappa shape index (κ1) is 9.44. The van der Waals surface area contributed by atoms with Crippen molar-refractivity contribution in [3.8, 4) is 0 Å². The van der Waals surface area contributed by atoms with Gasteiger partial charge in [0.15, 0.2) is 11.8 Å². The van der Waals surface area contributed by atoms with Crippen LogP contribution in [0.5, 0.6) is 0 Å². The maximum Gasteiger partial charge on any atom is 0.408 e. The first-order chi connectivity index (χ1) is 7.09. The lowest BCUT2D eigenvalue weighted by atomic mass is 10.2. The van der Waals surface area contributed by atoms with E-state index >= 15 is 0 Å². The van der Waals surface area contributed by atoms with Crippen LogP contribution < -0.4 is 5.32 Å². The van der Waals surface area contributed by atoms with Crippen molar-refractivity contribution in [3.63, 3.8) is 0 Å². The highest BCUT2D eigenvalue weighted by Crippen LogP contribution is 2.28. The number of alkyl carbamates (subject to hydrolysis) is 1. The van der Waals surface area contributed by atoms with E-state index in [4.69, 9.17) is 4.74 Å². The summed E-state index contributed by atoms with van der Waals surface area (Å²) in [6.07, 6.45) is -0.0810. The van der Waals surface area contributed by atoms with Gasteiger partial charge in [-0.25, -0.2) is 4.79 Å². The number of nitrogens with one attached hydrogen (secondary N) is 1. The lowest BCUT2D eigenvalue weighted by molar-refractivity contribution is -0.386. The summed E-state index contributed by atoms with van der Waals surface area (Å²) in [4.78, 5) is 20.9. The molecule has 1 aromatic heterocycles. The number of hydrogen-bond donors (Lipinski definition) is 1. The largest absolute Gasteiger partial charge is 0.438 e.